The summed E-state index contributed by atoms with van der Waals surface area (Å²) < 4.78 is 7.22. The second kappa shape index (κ2) is 5.57. The molecule has 2 aliphatic rings. The van der Waals surface area contributed by atoms with E-state index in [9.17, 15) is 4.79 Å². The van der Waals surface area contributed by atoms with Crippen LogP contribution in [0.15, 0.2) is 18.3 Å². The van der Waals surface area contributed by atoms with Crippen LogP contribution < -0.4 is 10.2 Å². The molecule has 1 aliphatic heterocycles. The zero-order valence-electron chi connectivity index (χ0n) is 12.4. The first-order valence-electron chi connectivity index (χ1n) is 7.79. The molecule has 2 aromatic heterocycles. The van der Waals surface area contributed by atoms with Crippen LogP contribution in [0, 0.1) is 5.92 Å². The Hall–Kier alpha value is -2.15. The van der Waals surface area contributed by atoms with Gasteiger partial charge in [-0.1, -0.05) is 6.42 Å². The third kappa shape index (κ3) is 2.41. The van der Waals surface area contributed by atoms with Gasteiger partial charge < -0.3 is 15.0 Å². The average molecular weight is 301 g/mol. The number of nitrogens with one attached hydrogen (secondary N) is 1. The number of hydrogen-bond acceptors (Lipinski definition) is 5. The molecule has 0 radical (unpaired) electrons. The largest absolute Gasteiger partial charge is 0.378 e. The number of ether oxygens (including phenoxy) is 1. The van der Waals surface area contributed by atoms with Gasteiger partial charge in [0.2, 0.25) is 5.91 Å². The average Bonchev–Trinajstić information content (AvgIpc) is 2.93. The van der Waals surface area contributed by atoms with E-state index in [0.717, 1.165) is 43.8 Å². The van der Waals surface area contributed by atoms with E-state index in [1.165, 1.54) is 0 Å². The fraction of sp³-hybridized carbons (Fsp3) is 0.533. The topological polar surface area (TPSA) is 71.8 Å². The van der Waals surface area contributed by atoms with Crippen LogP contribution >= 0.6 is 0 Å². The van der Waals surface area contributed by atoms with Gasteiger partial charge >= 0.3 is 0 Å². The van der Waals surface area contributed by atoms with E-state index in [2.05, 4.69) is 20.3 Å². The van der Waals surface area contributed by atoms with Crippen molar-refractivity contribution in [2.45, 2.75) is 19.3 Å². The quantitative estimate of drug-likeness (QED) is 0.925. The van der Waals surface area contributed by atoms with Gasteiger partial charge in [0.25, 0.3) is 0 Å². The molecule has 4 rings (SSSR count). The lowest BCUT2D eigenvalue weighted by molar-refractivity contribution is -0.122. The highest BCUT2D eigenvalue weighted by molar-refractivity contribution is 5.92. The van der Waals surface area contributed by atoms with E-state index in [1.54, 1.807) is 6.20 Å². The first-order valence-corrected chi connectivity index (χ1v) is 7.79. The molecule has 1 aliphatic carbocycles. The van der Waals surface area contributed by atoms with Crippen molar-refractivity contribution in [1.29, 1.82) is 0 Å². The highest BCUT2D eigenvalue weighted by Gasteiger charge is 2.26. The van der Waals surface area contributed by atoms with Crippen molar-refractivity contribution in [2.24, 2.45) is 5.92 Å². The first kappa shape index (κ1) is 13.5. The van der Waals surface area contributed by atoms with Crippen molar-refractivity contribution in [3.05, 3.63) is 18.3 Å². The minimum Gasteiger partial charge on any atom is -0.378 e. The Kier molecular flexibility index (Phi) is 3.42. The number of nitrogens with zero attached hydrogens (tertiary/aromatic N) is 4. The number of hydrogen-bond donors (Lipinski definition) is 1. The zero-order valence-corrected chi connectivity index (χ0v) is 12.4. The van der Waals surface area contributed by atoms with Crippen molar-refractivity contribution < 1.29 is 9.53 Å². The summed E-state index contributed by atoms with van der Waals surface area (Å²) in [6.45, 7) is 3.04. The molecule has 2 fully saturated rings. The van der Waals surface area contributed by atoms with Gasteiger partial charge in [-0.15, -0.1) is 0 Å². The Bertz CT molecular complexity index is 688. The molecule has 0 spiro atoms. The van der Waals surface area contributed by atoms with Gasteiger partial charge in [-0.05, 0) is 12.8 Å². The summed E-state index contributed by atoms with van der Waals surface area (Å²) in [6.07, 6.45) is 4.84. The van der Waals surface area contributed by atoms with Crippen molar-refractivity contribution in [2.75, 3.05) is 36.5 Å². The van der Waals surface area contributed by atoms with E-state index in [-0.39, 0.29) is 11.8 Å². The molecular weight excluding hydrogens is 282 g/mol. The maximum Gasteiger partial charge on any atom is 0.228 e. The molecular formula is C15H19N5O2. The van der Waals surface area contributed by atoms with E-state index in [0.29, 0.717) is 19.0 Å². The number of morpholine rings is 1. The van der Waals surface area contributed by atoms with Gasteiger partial charge in [-0.25, -0.2) is 4.98 Å². The molecule has 0 unspecified atom stereocenters. The number of rotatable bonds is 3. The molecule has 0 atom stereocenters. The SMILES string of the molecule is O=C(Nc1cc(N2CCOCC2)n2nccc2n1)C1CCC1. The summed E-state index contributed by atoms with van der Waals surface area (Å²) >= 11 is 0. The van der Waals surface area contributed by atoms with E-state index < -0.39 is 0 Å². The molecule has 116 valence electrons. The van der Waals surface area contributed by atoms with Gasteiger partial charge in [-0.3, -0.25) is 4.79 Å². The van der Waals surface area contributed by atoms with Crippen LogP contribution in [0.4, 0.5) is 11.6 Å². The predicted molar refractivity (Wildman–Crippen MR) is 82.0 cm³/mol. The molecule has 0 aromatic carbocycles. The van der Waals surface area contributed by atoms with Crippen LogP contribution in [0.2, 0.25) is 0 Å². The molecule has 7 nitrogen and oxygen atoms in total. The van der Waals surface area contributed by atoms with E-state index in [4.69, 9.17) is 4.74 Å². The monoisotopic (exact) mass is 301 g/mol. The Morgan fingerprint density at radius 2 is 2.14 bits per heavy atom. The summed E-state index contributed by atoms with van der Waals surface area (Å²) in [5.74, 6) is 1.78. The van der Waals surface area contributed by atoms with E-state index >= 15 is 0 Å². The molecule has 7 heteroatoms. The van der Waals surface area contributed by atoms with Crippen LogP contribution in [-0.2, 0) is 9.53 Å². The summed E-state index contributed by atoms with van der Waals surface area (Å²) in [6, 6.07) is 3.75. The van der Waals surface area contributed by atoms with Crippen LogP contribution in [0.5, 0.6) is 0 Å². The lowest BCUT2D eigenvalue weighted by Crippen LogP contribution is -2.37. The van der Waals surface area contributed by atoms with Crippen molar-refractivity contribution in [1.82, 2.24) is 14.6 Å². The van der Waals surface area contributed by atoms with Crippen molar-refractivity contribution in [3.8, 4) is 0 Å². The summed E-state index contributed by atoms with van der Waals surface area (Å²) in [5, 5.41) is 7.29. The molecule has 22 heavy (non-hydrogen) atoms. The van der Waals surface area contributed by atoms with Gasteiger partial charge in [0.1, 0.15) is 11.6 Å². The summed E-state index contributed by atoms with van der Waals surface area (Å²) in [5.41, 5.74) is 0.743. The fourth-order valence-electron chi connectivity index (χ4n) is 2.88. The third-order valence-electron chi connectivity index (χ3n) is 4.40. The Morgan fingerprint density at radius 1 is 1.32 bits per heavy atom. The summed E-state index contributed by atoms with van der Waals surface area (Å²) in [4.78, 5) is 18.8. The summed E-state index contributed by atoms with van der Waals surface area (Å²) in [7, 11) is 0. The number of carbonyl (C=O) groups is 1. The molecule has 2 aromatic rings. The molecule has 1 saturated heterocycles. The Morgan fingerprint density at radius 3 is 2.86 bits per heavy atom. The van der Waals surface area contributed by atoms with Crippen molar-refractivity contribution >= 4 is 23.2 Å². The number of anilines is 2. The predicted octanol–water partition coefficient (Wildman–Crippen LogP) is 1.30. The normalized spacial score (nSPS) is 19.2. The Balaban J connectivity index is 1.65. The lowest BCUT2D eigenvalue weighted by atomic mass is 9.85. The Labute approximate surface area is 128 Å². The highest BCUT2D eigenvalue weighted by Crippen LogP contribution is 2.28. The zero-order chi connectivity index (χ0) is 14.9. The number of carbonyl (C=O) groups excluding carboxylic acids is 1. The second-order valence-corrected chi connectivity index (χ2v) is 5.82. The third-order valence-corrected chi connectivity index (χ3v) is 4.40. The minimum atomic E-state index is 0.0792. The molecule has 1 N–H and O–H groups in total. The maximum atomic E-state index is 12.1. The molecule has 3 heterocycles. The number of fused-ring (bicyclic) bond motifs is 1. The molecule has 1 amide bonds. The lowest BCUT2D eigenvalue weighted by Gasteiger charge is -2.29. The second-order valence-electron chi connectivity index (χ2n) is 5.82. The van der Waals surface area contributed by atoms with Gasteiger partial charge in [0.05, 0.1) is 19.4 Å². The van der Waals surface area contributed by atoms with E-state index in [1.807, 2.05) is 16.6 Å². The van der Waals surface area contributed by atoms with Crippen LogP contribution in [-0.4, -0.2) is 46.8 Å². The van der Waals surface area contributed by atoms with Crippen LogP contribution in [0.1, 0.15) is 19.3 Å². The number of aromatic nitrogens is 3. The smallest absolute Gasteiger partial charge is 0.228 e. The van der Waals surface area contributed by atoms with Gasteiger partial charge in [0, 0.05) is 31.1 Å². The minimum absolute atomic E-state index is 0.0792. The first-order chi connectivity index (χ1) is 10.8. The van der Waals surface area contributed by atoms with Crippen LogP contribution in [0.25, 0.3) is 5.65 Å². The molecule has 1 saturated carbocycles. The van der Waals surface area contributed by atoms with Gasteiger partial charge in [0.15, 0.2) is 5.65 Å². The standard InChI is InChI=1S/C15H19N5O2/c21-15(11-2-1-3-11)18-12-10-14(19-6-8-22-9-7-19)20-13(17-12)4-5-16-20/h4-5,10-11H,1-3,6-9H2,(H,17,18,21). The maximum absolute atomic E-state index is 12.1. The highest BCUT2D eigenvalue weighted by atomic mass is 16.5. The van der Waals surface area contributed by atoms with Gasteiger partial charge in [-0.2, -0.15) is 9.61 Å². The molecule has 0 bridgehead atoms. The fourth-order valence-corrected chi connectivity index (χ4v) is 2.88. The van der Waals surface area contributed by atoms with Crippen molar-refractivity contribution in [3.63, 3.8) is 0 Å². The number of amides is 1. The van der Waals surface area contributed by atoms with Crippen LogP contribution in [0.3, 0.4) is 0 Å².